The number of hydrogen-bond acceptors (Lipinski definition) is 0. The molecule has 2 rings (SSSR count). The second-order valence-electron chi connectivity index (χ2n) is 3.85. The maximum atomic E-state index is 3.31. The Morgan fingerprint density at radius 2 is 1.06 bits per heavy atom. The quantitative estimate of drug-likeness (QED) is 0.478. The predicted octanol–water partition coefficient (Wildman–Crippen LogP) is 2.42. The molecule has 0 saturated carbocycles. The van der Waals surface area contributed by atoms with Gasteiger partial charge in [0.2, 0.25) is 0 Å². The molecule has 0 aliphatic heterocycles. The molecule has 2 radical (unpaired) electrons. The van der Waals surface area contributed by atoms with Crippen LogP contribution in [0, 0.1) is 11.8 Å². The Hall–Kier alpha value is -0.421. The zero-order valence-corrected chi connectivity index (χ0v) is 14.5. The summed E-state index contributed by atoms with van der Waals surface area (Å²) in [5.74, 6) is 6.62. The molecule has 0 unspecified atom stereocenters. The van der Waals surface area contributed by atoms with Crippen LogP contribution in [0.3, 0.4) is 0 Å². The van der Waals surface area contributed by atoms with Crippen LogP contribution in [0.2, 0.25) is 0 Å². The fraction of sp³-hybridized carbons (Fsp3) is 0.125. The van der Waals surface area contributed by atoms with Crippen LogP contribution in [-0.2, 0) is 8.94 Å². The molecule has 0 spiro atoms. The fourth-order valence-electron chi connectivity index (χ4n) is 1.67. The van der Waals surface area contributed by atoms with Crippen LogP contribution in [0.1, 0.15) is 22.3 Å². The minimum atomic E-state index is 1.04. The van der Waals surface area contributed by atoms with Crippen molar-refractivity contribution in [1.29, 1.82) is 0 Å². The van der Waals surface area contributed by atoms with E-state index in [1.54, 1.807) is 0 Å². The number of hydrogen-bond donors (Lipinski definition) is 0. The van der Waals surface area contributed by atoms with E-state index in [0.717, 1.165) is 20.1 Å². The first-order chi connectivity index (χ1) is 8.85. The third-order valence-corrected chi connectivity index (χ3v) is 4.45. The summed E-state index contributed by atoms with van der Waals surface area (Å²) in [5, 5.41) is 0. The van der Waals surface area contributed by atoms with Gasteiger partial charge >= 0.3 is 136 Å². The Kier molecular flexibility index (Phi) is 5.63. The van der Waals surface area contributed by atoms with Crippen molar-refractivity contribution in [3.8, 4) is 11.8 Å². The minimum absolute atomic E-state index is 1.04. The molecule has 2 aromatic carbocycles. The summed E-state index contributed by atoms with van der Waals surface area (Å²) in [6.07, 6.45) is 0. The Bertz CT molecular complexity index is 540. The van der Waals surface area contributed by atoms with E-state index in [4.69, 9.17) is 0 Å². The van der Waals surface area contributed by atoms with E-state index in [0.29, 0.717) is 0 Å². The molecule has 0 amide bonds. The van der Waals surface area contributed by atoms with Crippen molar-refractivity contribution in [3.63, 3.8) is 0 Å². The van der Waals surface area contributed by atoms with Gasteiger partial charge in [0.1, 0.15) is 0 Å². The third kappa shape index (κ3) is 3.54. The van der Waals surface area contributed by atoms with Gasteiger partial charge in [0.05, 0.1) is 0 Å². The number of benzene rings is 2. The van der Waals surface area contributed by atoms with Gasteiger partial charge in [-0.25, -0.2) is 0 Å². The van der Waals surface area contributed by atoms with Crippen LogP contribution in [0.25, 0.3) is 0 Å². The van der Waals surface area contributed by atoms with Crippen LogP contribution in [0.4, 0.5) is 0 Å². The molecule has 0 saturated heterocycles. The van der Waals surface area contributed by atoms with E-state index >= 15 is 0 Å². The van der Waals surface area contributed by atoms with E-state index in [1.165, 1.54) is 11.1 Å². The number of rotatable bonds is 2. The molecule has 0 nitrogen and oxygen atoms in total. The molecule has 0 atom stereocenters. The molecule has 2 heteroatoms. The van der Waals surface area contributed by atoms with Crippen LogP contribution < -0.4 is 0 Å². The van der Waals surface area contributed by atoms with E-state index in [-0.39, 0.29) is 0 Å². The van der Waals surface area contributed by atoms with Crippen LogP contribution in [0.15, 0.2) is 48.5 Å². The molecule has 0 N–H and O–H groups in total. The van der Waals surface area contributed by atoms with Gasteiger partial charge in [0, 0.05) is 0 Å². The zero-order valence-electron chi connectivity index (χ0n) is 9.85. The van der Waals surface area contributed by atoms with Crippen molar-refractivity contribution in [2.45, 2.75) is 8.94 Å². The van der Waals surface area contributed by atoms with Gasteiger partial charge in [-0.15, -0.1) is 0 Å². The first-order valence-corrected chi connectivity index (χ1v) is 8.98. The molecule has 0 aliphatic rings. The Balaban J connectivity index is 2.37. The third-order valence-electron chi connectivity index (χ3n) is 2.68. The van der Waals surface area contributed by atoms with E-state index < -0.39 is 0 Å². The molecule has 0 fully saturated rings. The summed E-state index contributed by atoms with van der Waals surface area (Å²) in [7, 11) is 0. The standard InChI is InChI=1S/C16H12Te2/c17-11-15-7-3-1-5-13(15)9-10-14-6-2-4-8-16(14)12-18/h1-8H,11-12H2. The van der Waals surface area contributed by atoms with Crippen molar-refractivity contribution >= 4 is 44.6 Å². The molecule has 0 bridgehead atoms. The molecular formula is C16H12Te2. The van der Waals surface area contributed by atoms with Gasteiger partial charge in [-0.05, 0) is 0 Å². The van der Waals surface area contributed by atoms with Crippen molar-refractivity contribution in [1.82, 2.24) is 0 Å². The Labute approximate surface area is 135 Å². The van der Waals surface area contributed by atoms with Gasteiger partial charge < -0.3 is 0 Å². The Morgan fingerprint density at radius 1 is 0.667 bits per heavy atom. The molecule has 0 aliphatic carbocycles. The predicted molar refractivity (Wildman–Crippen MR) is 77.8 cm³/mol. The topological polar surface area (TPSA) is 0 Å². The fourth-order valence-corrected chi connectivity index (χ4v) is 3.11. The molecule has 88 valence electrons. The summed E-state index contributed by atoms with van der Waals surface area (Å²) in [6.45, 7) is 0. The van der Waals surface area contributed by atoms with Crippen molar-refractivity contribution in [2.75, 3.05) is 0 Å². The average Bonchev–Trinajstić information content (AvgIpc) is 2.45. The monoisotopic (exact) mass is 464 g/mol. The summed E-state index contributed by atoms with van der Waals surface area (Å²) in [6, 6.07) is 16.8. The second kappa shape index (κ2) is 7.24. The van der Waals surface area contributed by atoms with Crippen LogP contribution in [0.5, 0.6) is 0 Å². The van der Waals surface area contributed by atoms with E-state index in [2.05, 4.69) is 105 Å². The van der Waals surface area contributed by atoms with Crippen molar-refractivity contribution in [3.05, 3.63) is 70.8 Å². The molecule has 0 heterocycles. The van der Waals surface area contributed by atoms with Crippen LogP contribution in [-0.4, -0.2) is 44.6 Å². The van der Waals surface area contributed by atoms with Gasteiger partial charge in [-0.2, -0.15) is 0 Å². The SMILES string of the molecule is [Te]Cc1ccccc1C#Cc1ccccc1C[Te]. The Morgan fingerprint density at radius 3 is 1.44 bits per heavy atom. The summed E-state index contributed by atoms with van der Waals surface area (Å²) in [5.41, 5.74) is 4.94. The van der Waals surface area contributed by atoms with Gasteiger partial charge in [0.15, 0.2) is 0 Å². The van der Waals surface area contributed by atoms with Gasteiger partial charge in [-0.3, -0.25) is 0 Å². The van der Waals surface area contributed by atoms with Gasteiger partial charge in [-0.1, -0.05) is 0 Å². The van der Waals surface area contributed by atoms with Crippen LogP contribution >= 0.6 is 0 Å². The molecule has 2 aromatic rings. The van der Waals surface area contributed by atoms with E-state index in [1.807, 2.05) is 0 Å². The van der Waals surface area contributed by atoms with Gasteiger partial charge in [0.25, 0.3) is 0 Å². The van der Waals surface area contributed by atoms with Crippen molar-refractivity contribution < 1.29 is 0 Å². The summed E-state index contributed by atoms with van der Waals surface area (Å²) < 4.78 is 2.08. The molecule has 18 heavy (non-hydrogen) atoms. The molecular weight excluding hydrogens is 447 g/mol. The van der Waals surface area contributed by atoms with E-state index in [9.17, 15) is 0 Å². The second-order valence-corrected chi connectivity index (χ2v) is 5.50. The maximum absolute atomic E-state index is 3.31. The first-order valence-electron chi connectivity index (χ1n) is 5.69. The normalized spacial score (nSPS) is 9.67. The zero-order chi connectivity index (χ0) is 12.8. The first kappa shape index (κ1) is 14.0. The van der Waals surface area contributed by atoms with Crippen molar-refractivity contribution in [2.24, 2.45) is 0 Å². The summed E-state index contributed by atoms with van der Waals surface area (Å²) in [4.78, 5) is 0. The summed E-state index contributed by atoms with van der Waals surface area (Å²) >= 11 is 4.19. The average molecular weight is 459 g/mol. The molecule has 0 aromatic heterocycles.